The van der Waals surface area contributed by atoms with Crippen LogP contribution >= 0.6 is 11.3 Å². The quantitative estimate of drug-likeness (QED) is 0.879. The van der Waals surface area contributed by atoms with Crippen LogP contribution in [-0.2, 0) is 13.1 Å². The van der Waals surface area contributed by atoms with Crippen molar-refractivity contribution in [1.29, 1.82) is 0 Å². The highest BCUT2D eigenvalue weighted by Gasteiger charge is 2.11. The van der Waals surface area contributed by atoms with Gasteiger partial charge in [0, 0.05) is 18.5 Å². The summed E-state index contributed by atoms with van der Waals surface area (Å²) in [5, 5.41) is 3.04. The third-order valence-corrected chi connectivity index (χ3v) is 3.37. The number of thiazole rings is 1. The predicted octanol–water partition coefficient (Wildman–Crippen LogP) is 1.80. The molecule has 0 saturated carbocycles. The van der Waals surface area contributed by atoms with Gasteiger partial charge in [-0.1, -0.05) is 0 Å². The number of hydrogen-bond acceptors (Lipinski definition) is 6. The second-order valence-electron chi connectivity index (χ2n) is 3.87. The molecule has 1 N–H and O–H groups in total. The Morgan fingerprint density at radius 3 is 3.00 bits per heavy atom. The molecule has 0 aliphatic rings. The molecule has 0 unspecified atom stereocenters. The molecule has 0 saturated heterocycles. The summed E-state index contributed by atoms with van der Waals surface area (Å²) in [7, 11) is 3.85. The Hall–Kier alpha value is -1.40. The van der Waals surface area contributed by atoms with Gasteiger partial charge in [-0.05, 0) is 14.0 Å². The molecule has 0 bridgehead atoms. The van der Waals surface area contributed by atoms with Crippen LogP contribution in [-0.4, -0.2) is 24.1 Å². The zero-order valence-corrected chi connectivity index (χ0v) is 11.0. The first kappa shape index (κ1) is 12.1. The monoisotopic (exact) mass is 252 g/mol. The van der Waals surface area contributed by atoms with Gasteiger partial charge in [-0.2, -0.15) is 4.98 Å². The molecule has 6 heteroatoms. The Bertz CT molecular complexity index is 479. The van der Waals surface area contributed by atoms with Crippen LogP contribution in [0.4, 0.5) is 6.01 Å². The van der Waals surface area contributed by atoms with Gasteiger partial charge < -0.3 is 14.6 Å². The highest BCUT2D eigenvalue weighted by molar-refractivity contribution is 7.09. The lowest BCUT2D eigenvalue weighted by molar-refractivity contribution is 0.543. The molecule has 2 heterocycles. The van der Waals surface area contributed by atoms with E-state index in [1.807, 2.05) is 31.4 Å². The van der Waals surface area contributed by atoms with Crippen LogP contribution in [0.25, 0.3) is 0 Å². The van der Waals surface area contributed by atoms with Crippen molar-refractivity contribution in [2.24, 2.45) is 0 Å². The van der Waals surface area contributed by atoms with Crippen molar-refractivity contribution in [3.63, 3.8) is 0 Å². The fraction of sp³-hybridized carbons (Fsp3) is 0.455. The molecule has 0 fully saturated rings. The van der Waals surface area contributed by atoms with Gasteiger partial charge in [0.15, 0.2) is 0 Å². The minimum Gasteiger partial charge on any atom is -0.432 e. The van der Waals surface area contributed by atoms with Gasteiger partial charge in [0.25, 0.3) is 6.01 Å². The first-order valence-electron chi connectivity index (χ1n) is 5.40. The predicted molar refractivity (Wildman–Crippen MR) is 68.2 cm³/mol. The van der Waals surface area contributed by atoms with Crippen LogP contribution < -0.4 is 10.2 Å². The largest absolute Gasteiger partial charge is 0.432 e. The molecule has 0 amide bonds. The zero-order chi connectivity index (χ0) is 12.3. The van der Waals surface area contributed by atoms with Crippen LogP contribution in [0.5, 0.6) is 0 Å². The first-order valence-corrected chi connectivity index (χ1v) is 6.27. The molecule has 0 atom stereocenters. The van der Waals surface area contributed by atoms with E-state index in [1.54, 1.807) is 17.6 Å². The van der Waals surface area contributed by atoms with Crippen molar-refractivity contribution in [3.05, 3.63) is 28.0 Å². The second-order valence-corrected chi connectivity index (χ2v) is 4.81. The van der Waals surface area contributed by atoms with E-state index in [0.717, 1.165) is 24.5 Å². The molecule has 2 rings (SSSR count). The van der Waals surface area contributed by atoms with E-state index in [4.69, 9.17) is 4.42 Å². The highest BCUT2D eigenvalue weighted by Crippen LogP contribution is 2.19. The Kier molecular flexibility index (Phi) is 3.75. The van der Waals surface area contributed by atoms with E-state index < -0.39 is 0 Å². The van der Waals surface area contributed by atoms with Gasteiger partial charge in [0.05, 0.1) is 23.4 Å². The van der Waals surface area contributed by atoms with Gasteiger partial charge in [-0.25, -0.2) is 4.98 Å². The molecule has 2 aromatic heterocycles. The maximum Gasteiger partial charge on any atom is 0.297 e. The number of anilines is 1. The van der Waals surface area contributed by atoms with Gasteiger partial charge in [0.1, 0.15) is 6.26 Å². The van der Waals surface area contributed by atoms with Crippen molar-refractivity contribution >= 4 is 17.4 Å². The Morgan fingerprint density at radius 2 is 2.35 bits per heavy atom. The Morgan fingerprint density at radius 1 is 1.53 bits per heavy atom. The summed E-state index contributed by atoms with van der Waals surface area (Å²) < 4.78 is 5.43. The Labute approximate surface area is 104 Å². The molecule has 0 aliphatic carbocycles. The van der Waals surface area contributed by atoms with Crippen LogP contribution in [0.3, 0.4) is 0 Å². The summed E-state index contributed by atoms with van der Waals surface area (Å²) in [6.07, 6.45) is 1.68. The fourth-order valence-electron chi connectivity index (χ4n) is 1.49. The summed E-state index contributed by atoms with van der Waals surface area (Å²) in [5.41, 5.74) is 3.85. The third kappa shape index (κ3) is 2.83. The van der Waals surface area contributed by atoms with E-state index in [1.165, 1.54) is 4.88 Å². The standard InChI is InChI=1S/C11H16N4OS/c1-8-10(17-7-13-8)5-15(3)11-14-9(4-12-2)6-16-11/h6-7,12H,4-5H2,1-3H3. The van der Waals surface area contributed by atoms with Crippen LogP contribution in [0.15, 0.2) is 16.2 Å². The summed E-state index contributed by atoms with van der Waals surface area (Å²) >= 11 is 1.66. The molecule has 0 aromatic carbocycles. The minimum absolute atomic E-state index is 0.642. The average Bonchev–Trinajstić information content (AvgIpc) is 2.90. The molecular formula is C11H16N4OS. The fourth-order valence-corrected chi connectivity index (χ4v) is 2.32. The van der Waals surface area contributed by atoms with Crippen LogP contribution in [0, 0.1) is 6.92 Å². The van der Waals surface area contributed by atoms with Crippen molar-refractivity contribution < 1.29 is 4.42 Å². The van der Waals surface area contributed by atoms with Crippen molar-refractivity contribution in [3.8, 4) is 0 Å². The highest BCUT2D eigenvalue weighted by atomic mass is 32.1. The van der Waals surface area contributed by atoms with E-state index in [-0.39, 0.29) is 0 Å². The number of aromatic nitrogens is 2. The van der Waals surface area contributed by atoms with Crippen LogP contribution in [0.1, 0.15) is 16.3 Å². The van der Waals surface area contributed by atoms with E-state index in [2.05, 4.69) is 15.3 Å². The topological polar surface area (TPSA) is 54.2 Å². The van der Waals surface area contributed by atoms with Gasteiger partial charge in [-0.3, -0.25) is 0 Å². The zero-order valence-electron chi connectivity index (χ0n) is 10.2. The van der Waals surface area contributed by atoms with E-state index >= 15 is 0 Å². The summed E-state index contributed by atoms with van der Waals surface area (Å²) in [5.74, 6) is 0. The molecule has 5 nitrogen and oxygen atoms in total. The summed E-state index contributed by atoms with van der Waals surface area (Å²) in [6.45, 7) is 3.51. The molecule has 0 aliphatic heterocycles. The summed E-state index contributed by atoms with van der Waals surface area (Å²) in [4.78, 5) is 11.8. The normalized spacial score (nSPS) is 10.8. The van der Waals surface area contributed by atoms with Gasteiger partial charge >= 0.3 is 0 Å². The molecule has 2 aromatic rings. The second kappa shape index (κ2) is 5.29. The van der Waals surface area contributed by atoms with Crippen LogP contribution in [0.2, 0.25) is 0 Å². The lowest BCUT2D eigenvalue weighted by Crippen LogP contribution is -2.16. The number of aryl methyl sites for hydroxylation is 1. The first-order chi connectivity index (χ1) is 8.20. The van der Waals surface area contributed by atoms with Crippen molar-refractivity contribution in [2.75, 3.05) is 19.0 Å². The molecular weight excluding hydrogens is 236 g/mol. The Balaban J connectivity index is 2.04. The van der Waals surface area contributed by atoms with E-state index in [9.17, 15) is 0 Å². The SMILES string of the molecule is CNCc1coc(N(C)Cc2scnc2C)n1. The molecule has 0 spiro atoms. The maximum absolute atomic E-state index is 5.43. The smallest absolute Gasteiger partial charge is 0.297 e. The number of oxazole rings is 1. The third-order valence-electron chi connectivity index (χ3n) is 2.45. The lowest BCUT2D eigenvalue weighted by atomic mass is 10.4. The maximum atomic E-state index is 5.43. The van der Waals surface area contributed by atoms with E-state index in [0.29, 0.717) is 6.01 Å². The minimum atomic E-state index is 0.642. The van der Waals surface area contributed by atoms with Gasteiger partial charge in [0.2, 0.25) is 0 Å². The number of hydrogen-bond donors (Lipinski definition) is 1. The summed E-state index contributed by atoms with van der Waals surface area (Å²) in [6, 6.07) is 0.642. The number of rotatable bonds is 5. The van der Waals surface area contributed by atoms with Crippen molar-refractivity contribution in [1.82, 2.24) is 15.3 Å². The molecule has 17 heavy (non-hydrogen) atoms. The number of nitrogens with zero attached hydrogens (tertiary/aromatic N) is 3. The molecule has 92 valence electrons. The molecule has 0 radical (unpaired) electrons. The van der Waals surface area contributed by atoms with Crippen molar-refractivity contribution in [2.45, 2.75) is 20.0 Å². The number of nitrogens with one attached hydrogen (secondary N) is 1. The average molecular weight is 252 g/mol. The lowest BCUT2D eigenvalue weighted by Gasteiger charge is -2.13. The van der Waals surface area contributed by atoms with Gasteiger partial charge in [-0.15, -0.1) is 11.3 Å².